The highest BCUT2D eigenvalue weighted by Crippen LogP contribution is 2.29. The summed E-state index contributed by atoms with van der Waals surface area (Å²) in [7, 11) is 0. The van der Waals surface area contributed by atoms with Crippen molar-refractivity contribution in [3.8, 4) is 0 Å². The highest BCUT2D eigenvalue weighted by Gasteiger charge is 2.27. The summed E-state index contributed by atoms with van der Waals surface area (Å²) in [5.74, 6) is 2.84. The summed E-state index contributed by atoms with van der Waals surface area (Å²) in [6, 6.07) is 5.91. The highest BCUT2D eigenvalue weighted by atomic mass is 16.4. The Kier molecular flexibility index (Phi) is 4.21. The van der Waals surface area contributed by atoms with Gasteiger partial charge in [-0.15, -0.1) is 10.2 Å². The first-order chi connectivity index (χ1) is 13.2. The number of β-amino-alcohol motifs (C(OH)–C–C–N with tert-alkyl or cyclic N) is 1. The van der Waals surface area contributed by atoms with Crippen molar-refractivity contribution in [2.75, 3.05) is 19.6 Å². The number of nitrogens with zero attached hydrogens (tertiary/aromatic N) is 5. The van der Waals surface area contributed by atoms with E-state index >= 15 is 0 Å². The third-order valence-corrected chi connectivity index (χ3v) is 5.92. The zero-order valence-electron chi connectivity index (χ0n) is 15.6. The zero-order chi connectivity index (χ0) is 18.4. The number of aryl methyl sites for hydroxylation is 3. The standard InChI is InChI=1S/C20H25N5O2/c1-13-5-6-18(27-13)17(26)12-24-9-7-14(8-10-24)20-22-21-19-11-15-3-2-4-16(15)23-25(19)20/h5-6,11,14,17,26H,2-4,7-10,12H2,1H3. The Morgan fingerprint density at radius 2 is 2.07 bits per heavy atom. The molecule has 0 saturated carbocycles. The molecule has 27 heavy (non-hydrogen) atoms. The van der Waals surface area contributed by atoms with Crippen LogP contribution < -0.4 is 0 Å². The molecule has 7 heteroatoms. The van der Waals surface area contributed by atoms with Gasteiger partial charge in [0.2, 0.25) is 0 Å². The van der Waals surface area contributed by atoms with Gasteiger partial charge in [-0.3, -0.25) is 0 Å². The number of aromatic nitrogens is 4. The Morgan fingerprint density at radius 3 is 2.85 bits per heavy atom. The van der Waals surface area contributed by atoms with Gasteiger partial charge in [0.05, 0.1) is 5.69 Å². The van der Waals surface area contributed by atoms with E-state index in [9.17, 15) is 5.11 Å². The Bertz CT molecular complexity index is 955. The number of hydrogen-bond acceptors (Lipinski definition) is 6. The van der Waals surface area contributed by atoms with Crippen LogP contribution in [0.3, 0.4) is 0 Å². The minimum atomic E-state index is -0.576. The highest BCUT2D eigenvalue weighted by molar-refractivity contribution is 5.43. The van der Waals surface area contributed by atoms with Gasteiger partial charge in [0.25, 0.3) is 0 Å². The average Bonchev–Trinajstić information content (AvgIpc) is 3.39. The molecule has 0 aromatic carbocycles. The van der Waals surface area contributed by atoms with Crippen molar-refractivity contribution in [1.82, 2.24) is 24.7 Å². The van der Waals surface area contributed by atoms with E-state index in [0.29, 0.717) is 18.2 Å². The lowest BCUT2D eigenvalue weighted by Crippen LogP contribution is -2.36. The number of piperidine rings is 1. The molecule has 0 bridgehead atoms. The fraction of sp³-hybridized carbons (Fsp3) is 0.550. The Morgan fingerprint density at radius 1 is 1.22 bits per heavy atom. The average molecular weight is 367 g/mol. The largest absolute Gasteiger partial charge is 0.464 e. The van der Waals surface area contributed by atoms with Crippen molar-refractivity contribution in [1.29, 1.82) is 0 Å². The smallest absolute Gasteiger partial charge is 0.178 e. The van der Waals surface area contributed by atoms with Crippen LogP contribution in [0.4, 0.5) is 0 Å². The van der Waals surface area contributed by atoms with E-state index < -0.39 is 6.10 Å². The molecule has 3 aromatic heterocycles. The summed E-state index contributed by atoms with van der Waals surface area (Å²) in [5.41, 5.74) is 3.41. The van der Waals surface area contributed by atoms with Crippen LogP contribution in [0.1, 0.15) is 59.9 Å². The third-order valence-electron chi connectivity index (χ3n) is 5.92. The molecule has 7 nitrogen and oxygen atoms in total. The number of fused-ring (bicyclic) bond motifs is 2. The molecule has 1 aliphatic carbocycles. The summed E-state index contributed by atoms with van der Waals surface area (Å²) in [6.07, 6.45) is 4.79. The summed E-state index contributed by atoms with van der Waals surface area (Å²) < 4.78 is 7.51. The first-order valence-corrected chi connectivity index (χ1v) is 9.88. The lowest BCUT2D eigenvalue weighted by Gasteiger charge is -2.31. The molecule has 2 aliphatic rings. The Balaban J connectivity index is 1.26. The van der Waals surface area contributed by atoms with Gasteiger partial charge in [0, 0.05) is 12.5 Å². The van der Waals surface area contributed by atoms with E-state index in [1.807, 2.05) is 23.6 Å². The van der Waals surface area contributed by atoms with E-state index in [1.165, 1.54) is 17.7 Å². The van der Waals surface area contributed by atoms with Gasteiger partial charge < -0.3 is 14.4 Å². The number of hydrogen-bond donors (Lipinski definition) is 1. The Labute approximate surface area is 158 Å². The molecule has 0 amide bonds. The molecular formula is C20H25N5O2. The maximum Gasteiger partial charge on any atom is 0.178 e. The van der Waals surface area contributed by atoms with Crippen molar-refractivity contribution in [2.24, 2.45) is 0 Å². The number of aliphatic hydroxyl groups is 1. The van der Waals surface area contributed by atoms with Gasteiger partial charge in [-0.25, -0.2) is 0 Å². The van der Waals surface area contributed by atoms with Crippen LogP contribution in [-0.2, 0) is 12.8 Å². The second kappa shape index (κ2) is 6.73. The molecule has 5 rings (SSSR count). The molecule has 1 fully saturated rings. The SMILES string of the molecule is Cc1ccc(C(O)CN2CCC(c3nnc4cc5c(nn34)CCC5)CC2)o1. The molecule has 1 N–H and O–H groups in total. The minimum absolute atomic E-state index is 0.367. The summed E-state index contributed by atoms with van der Waals surface area (Å²) in [5, 5.41) is 24.0. The van der Waals surface area contributed by atoms with Crippen LogP contribution in [0, 0.1) is 6.92 Å². The van der Waals surface area contributed by atoms with E-state index in [2.05, 4.69) is 21.2 Å². The summed E-state index contributed by atoms with van der Waals surface area (Å²) >= 11 is 0. The van der Waals surface area contributed by atoms with E-state index in [1.54, 1.807) is 0 Å². The molecule has 0 radical (unpaired) electrons. The van der Waals surface area contributed by atoms with Crippen molar-refractivity contribution in [2.45, 2.75) is 51.0 Å². The molecule has 1 atom stereocenters. The number of aliphatic hydroxyl groups excluding tert-OH is 1. The molecule has 1 unspecified atom stereocenters. The third kappa shape index (κ3) is 3.15. The van der Waals surface area contributed by atoms with Crippen molar-refractivity contribution >= 4 is 5.65 Å². The van der Waals surface area contributed by atoms with Gasteiger partial charge in [0.15, 0.2) is 11.5 Å². The summed E-state index contributed by atoms with van der Waals surface area (Å²) in [4.78, 5) is 2.30. The van der Waals surface area contributed by atoms with Crippen LogP contribution >= 0.6 is 0 Å². The molecule has 1 saturated heterocycles. The lowest BCUT2D eigenvalue weighted by molar-refractivity contribution is 0.0803. The molecule has 3 aromatic rings. The van der Waals surface area contributed by atoms with Crippen LogP contribution in [0.2, 0.25) is 0 Å². The monoisotopic (exact) mass is 367 g/mol. The maximum atomic E-state index is 10.4. The predicted molar refractivity (Wildman–Crippen MR) is 99.6 cm³/mol. The number of likely N-dealkylation sites (tertiary alicyclic amines) is 1. The van der Waals surface area contributed by atoms with Gasteiger partial charge in [-0.1, -0.05) is 0 Å². The van der Waals surface area contributed by atoms with Gasteiger partial charge in [-0.2, -0.15) is 9.61 Å². The normalized spacial score (nSPS) is 19.6. The Hall–Kier alpha value is -2.25. The first kappa shape index (κ1) is 16.9. The van der Waals surface area contributed by atoms with Gasteiger partial charge in [-0.05, 0) is 75.9 Å². The van der Waals surface area contributed by atoms with Crippen molar-refractivity contribution < 1.29 is 9.52 Å². The fourth-order valence-electron chi connectivity index (χ4n) is 4.39. The molecular weight excluding hydrogens is 342 g/mol. The molecule has 0 spiro atoms. The van der Waals surface area contributed by atoms with E-state index in [-0.39, 0.29) is 0 Å². The lowest BCUT2D eigenvalue weighted by atomic mass is 9.96. The van der Waals surface area contributed by atoms with Crippen molar-refractivity contribution in [3.05, 3.63) is 46.8 Å². The van der Waals surface area contributed by atoms with Gasteiger partial charge >= 0.3 is 0 Å². The second-order valence-electron chi connectivity index (χ2n) is 7.84. The van der Waals surface area contributed by atoms with Crippen LogP contribution in [-0.4, -0.2) is 49.5 Å². The first-order valence-electron chi connectivity index (χ1n) is 9.88. The molecule has 4 heterocycles. The minimum Gasteiger partial charge on any atom is -0.464 e. The topological polar surface area (TPSA) is 79.7 Å². The van der Waals surface area contributed by atoms with Crippen LogP contribution in [0.5, 0.6) is 0 Å². The number of furan rings is 1. The van der Waals surface area contributed by atoms with Crippen molar-refractivity contribution in [3.63, 3.8) is 0 Å². The second-order valence-corrected chi connectivity index (χ2v) is 7.84. The quantitative estimate of drug-likeness (QED) is 0.763. The summed E-state index contributed by atoms with van der Waals surface area (Å²) in [6.45, 7) is 4.36. The predicted octanol–water partition coefficient (Wildman–Crippen LogP) is 2.43. The molecule has 1 aliphatic heterocycles. The van der Waals surface area contributed by atoms with Crippen LogP contribution in [0.15, 0.2) is 22.6 Å². The zero-order valence-corrected chi connectivity index (χ0v) is 15.6. The van der Waals surface area contributed by atoms with E-state index in [0.717, 1.165) is 56.0 Å². The van der Waals surface area contributed by atoms with E-state index in [4.69, 9.17) is 9.52 Å². The van der Waals surface area contributed by atoms with Crippen LogP contribution in [0.25, 0.3) is 5.65 Å². The fourth-order valence-corrected chi connectivity index (χ4v) is 4.39. The maximum absolute atomic E-state index is 10.4. The van der Waals surface area contributed by atoms with Gasteiger partial charge in [0.1, 0.15) is 17.6 Å². The number of rotatable bonds is 4. The molecule has 142 valence electrons.